The molecule has 266 valence electrons. The first-order valence-corrected chi connectivity index (χ1v) is 17.0. The Balaban J connectivity index is 1.29. The molecule has 1 atom stereocenters. The lowest BCUT2D eigenvalue weighted by atomic mass is 10.0. The number of ether oxygens (including phenoxy) is 2. The summed E-state index contributed by atoms with van der Waals surface area (Å²) in [6.45, 7) is 4.42. The van der Waals surface area contributed by atoms with Gasteiger partial charge in [0.25, 0.3) is 11.5 Å². The SMILES string of the molecule is COc1cc2ccc1OCCCN(C(=O)c1ccc(C)n(C)c1=O)CCCC(=O)N[C@@H](Cc1c[nH]c3ccccc13)C(=O)NCc1nc-2oc1C. The summed E-state index contributed by atoms with van der Waals surface area (Å²) in [4.78, 5) is 63.3. The van der Waals surface area contributed by atoms with Crippen molar-refractivity contribution in [2.45, 2.75) is 52.1 Å². The van der Waals surface area contributed by atoms with Gasteiger partial charge in [-0.15, -0.1) is 0 Å². The third-order valence-electron chi connectivity index (χ3n) is 9.22. The minimum absolute atomic E-state index is 0.0523. The standard InChI is InChI=1S/C38H42N6O7/c1-23-12-14-28(37(47)43(23)3)38(48)44-16-7-11-34(45)41-30(19-26-21-39-29-10-6-5-9-27(26)29)35(46)40-22-31-24(2)51-36(42-31)25-13-15-32(33(20-25)49-4)50-18-8-17-44/h5-6,9-10,12-15,20-21,30,39H,7-8,11,16-19,22H2,1-4H3,(H,40,46)(H,41,45)/t30-/m0/s1. The number of hydrogen-bond donors (Lipinski definition) is 3. The first kappa shape index (κ1) is 35.0. The molecule has 13 heteroatoms. The second kappa shape index (κ2) is 15.4. The number of carbonyl (C=O) groups excluding carboxylic acids is 3. The van der Waals surface area contributed by atoms with E-state index in [1.807, 2.05) is 36.5 Å². The molecule has 0 radical (unpaired) electrons. The van der Waals surface area contributed by atoms with E-state index in [-0.39, 0.29) is 62.0 Å². The fourth-order valence-electron chi connectivity index (χ4n) is 6.17. The minimum atomic E-state index is -0.889. The van der Waals surface area contributed by atoms with Gasteiger partial charge in [0.15, 0.2) is 11.5 Å². The van der Waals surface area contributed by atoms with Crippen LogP contribution < -0.4 is 25.7 Å². The van der Waals surface area contributed by atoms with Crippen LogP contribution in [0, 0.1) is 13.8 Å². The van der Waals surface area contributed by atoms with Crippen LogP contribution in [0.1, 0.15) is 52.3 Å². The van der Waals surface area contributed by atoms with Crippen LogP contribution in [0.15, 0.2) is 70.0 Å². The molecule has 51 heavy (non-hydrogen) atoms. The summed E-state index contributed by atoms with van der Waals surface area (Å²) in [5.74, 6) is 0.749. The Labute approximate surface area is 295 Å². The van der Waals surface area contributed by atoms with E-state index >= 15 is 0 Å². The third kappa shape index (κ3) is 7.82. The molecule has 5 aromatic rings. The number of nitrogens with one attached hydrogen (secondary N) is 3. The van der Waals surface area contributed by atoms with Crippen LogP contribution in [0.25, 0.3) is 22.4 Å². The van der Waals surface area contributed by atoms with Crippen LogP contribution in [0.2, 0.25) is 0 Å². The number of aryl methyl sites for hydroxylation is 2. The summed E-state index contributed by atoms with van der Waals surface area (Å²) in [5.41, 5.74) is 3.41. The number of para-hydroxylation sites is 1. The smallest absolute Gasteiger partial charge is 0.263 e. The van der Waals surface area contributed by atoms with Crippen molar-refractivity contribution in [2.75, 3.05) is 26.8 Å². The molecule has 0 saturated heterocycles. The van der Waals surface area contributed by atoms with Crippen molar-refractivity contribution >= 4 is 28.6 Å². The Hall–Kier alpha value is -5.85. The maximum Gasteiger partial charge on any atom is 0.263 e. The molecule has 5 heterocycles. The van der Waals surface area contributed by atoms with E-state index in [9.17, 15) is 19.2 Å². The van der Waals surface area contributed by atoms with Crippen LogP contribution in [0.3, 0.4) is 0 Å². The third-order valence-corrected chi connectivity index (χ3v) is 9.22. The zero-order valence-corrected chi connectivity index (χ0v) is 29.2. The average Bonchev–Trinajstić information content (AvgIpc) is 3.72. The quantitative estimate of drug-likeness (QED) is 0.253. The Bertz CT molecular complexity index is 2130. The van der Waals surface area contributed by atoms with Crippen molar-refractivity contribution in [1.82, 2.24) is 30.1 Å². The Kier molecular flexibility index (Phi) is 10.5. The largest absolute Gasteiger partial charge is 0.493 e. The second-order valence-electron chi connectivity index (χ2n) is 12.6. The van der Waals surface area contributed by atoms with Gasteiger partial charge in [-0.05, 0) is 68.7 Å². The van der Waals surface area contributed by atoms with E-state index in [4.69, 9.17) is 13.9 Å². The maximum atomic E-state index is 13.7. The lowest BCUT2D eigenvalue weighted by molar-refractivity contribution is -0.129. The lowest BCUT2D eigenvalue weighted by Gasteiger charge is -2.23. The average molecular weight is 695 g/mol. The molecule has 2 aromatic carbocycles. The number of fused-ring (bicyclic) bond motifs is 16. The number of aromatic amines is 1. The van der Waals surface area contributed by atoms with Gasteiger partial charge in [0.05, 0.1) is 20.3 Å². The zero-order chi connectivity index (χ0) is 36.1. The number of rotatable bonds is 4. The van der Waals surface area contributed by atoms with E-state index < -0.39 is 11.9 Å². The highest BCUT2D eigenvalue weighted by Gasteiger charge is 2.25. The molecule has 0 spiro atoms. The molecule has 0 saturated carbocycles. The summed E-state index contributed by atoms with van der Waals surface area (Å²) in [6, 6.07) is 15.5. The summed E-state index contributed by atoms with van der Waals surface area (Å²) in [7, 11) is 3.17. The monoisotopic (exact) mass is 694 g/mol. The zero-order valence-electron chi connectivity index (χ0n) is 29.2. The second-order valence-corrected chi connectivity index (χ2v) is 12.6. The number of methoxy groups -OCH3 is 1. The summed E-state index contributed by atoms with van der Waals surface area (Å²) >= 11 is 0. The molecule has 0 fully saturated rings. The molecule has 2 aliphatic rings. The number of hydrogen-bond acceptors (Lipinski definition) is 8. The predicted octanol–water partition coefficient (Wildman–Crippen LogP) is 4.20. The van der Waals surface area contributed by atoms with Gasteiger partial charge in [-0.1, -0.05) is 18.2 Å². The van der Waals surface area contributed by atoms with Crippen LogP contribution >= 0.6 is 0 Å². The molecule has 7 rings (SSSR count). The van der Waals surface area contributed by atoms with E-state index in [1.54, 1.807) is 57.2 Å². The van der Waals surface area contributed by atoms with Crippen molar-refractivity contribution in [1.29, 1.82) is 0 Å². The van der Waals surface area contributed by atoms with Gasteiger partial charge < -0.3 is 39.0 Å². The summed E-state index contributed by atoms with van der Waals surface area (Å²) in [5, 5.41) is 6.82. The summed E-state index contributed by atoms with van der Waals surface area (Å²) < 4.78 is 19.1. The first-order chi connectivity index (χ1) is 24.6. The number of H-pyrrole nitrogens is 1. The van der Waals surface area contributed by atoms with Crippen molar-refractivity contribution in [2.24, 2.45) is 7.05 Å². The Morgan fingerprint density at radius 3 is 2.67 bits per heavy atom. The number of amides is 3. The van der Waals surface area contributed by atoms with Crippen molar-refractivity contribution in [3.05, 3.63) is 99.4 Å². The molecular weight excluding hydrogens is 652 g/mol. The predicted molar refractivity (Wildman–Crippen MR) is 191 cm³/mol. The van der Waals surface area contributed by atoms with Gasteiger partial charge in [-0.2, -0.15) is 0 Å². The van der Waals surface area contributed by atoms with Crippen molar-refractivity contribution in [3.63, 3.8) is 0 Å². The Morgan fingerprint density at radius 2 is 1.84 bits per heavy atom. The fourth-order valence-corrected chi connectivity index (χ4v) is 6.17. The molecule has 0 unspecified atom stereocenters. The van der Waals surface area contributed by atoms with Gasteiger partial charge in [-0.3, -0.25) is 19.2 Å². The number of pyridine rings is 1. The number of aromatic nitrogens is 3. The maximum absolute atomic E-state index is 13.7. The van der Waals surface area contributed by atoms with Crippen LogP contribution in [-0.2, 0) is 29.6 Å². The van der Waals surface area contributed by atoms with Crippen LogP contribution in [-0.4, -0.2) is 70.0 Å². The summed E-state index contributed by atoms with van der Waals surface area (Å²) in [6.07, 6.45) is 2.91. The van der Waals surface area contributed by atoms with Gasteiger partial charge in [0.1, 0.15) is 23.1 Å². The van der Waals surface area contributed by atoms with E-state index in [2.05, 4.69) is 20.6 Å². The van der Waals surface area contributed by atoms with Crippen molar-refractivity contribution in [3.8, 4) is 23.0 Å². The first-order valence-electron chi connectivity index (χ1n) is 17.0. The molecule has 2 aliphatic heterocycles. The molecule has 3 aromatic heterocycles. The molecule has 4 bridgehead atoms. The fraction of sp³-hybridized carbons (Fsp3) is 0.342. The topological polar surface area (TPSA) is 161 Å². The van der Waals surface area contributed by atoms with E-state index in [0.717, 1.165) is 22.2 Å². The molecular formula is C38H42N6O7. The number of nitrogens with zero attached hydrogens (tertiary/aromatic N) is 3. The number of carbonyl (C=O) groups is 3. The van der Waals surface area contributed by atoms with Gasteiger partial charge >= 0.3 is 0 Å². The molecule has 0 aliphatic carbocycles. The lowest BCUT2D eigenvalue weighted by Crippen LogP contribution is -2.48. The Morgan fingerprint density at radius 1 is 1.04 bits per heavy atom. The van der Waals surface area contributed by atoms with Gasteiger partial charge in [-0.25, -0.2) is 4.98 Å². The van der Waals surface area contributed by atoms with E-state index in [0.29, 0.717) is 47.2 Å². The number of oxazole rings is 1. The molecule has 3 N–H and O–H groups in total. The van der Waals surface area contributed by atoms with Gasteiger partial charge in [0, 0.05) is 61.3 Å². The highest BCUT2D eigenvalue weighted by atomic mass is 16.5. The molecule has 3 amide bonds. The molecule has 13 nitrogen and oxygen atoms in total. The minimum Gasteiger partial charge on any atom is -0.493 e. The van der Waals surface area contributed by atoms with Crippen LogP contribution in [0.5, 0.6) is 11.5 Å². The van der Waals surface area contributed by atoms with E-state index in [1.165, 1.54) is 4.57 Å². The van der Waals surface area contributed by atoms with Crippen molar-refractivity contribution < 1.29 is 28.3 Å². The van der Waals surface area contributed by atoms with Crippen LogP contribution in [0.4, 0.5) is 0 Å². The van der Waals surface area contributed by atoms with Gasteiger partial charge in [0.2, 0.25) is 17.7 Å². The number of benzene rings is 2. The highest BCUT2D eigenvalue weighted by molar-refractivity contribution is 5.94. The normalized spacial score (nSPS) is 16.2. The highest BCUT2D eigenvalue weighted by Crippen LogP contribution is 2.33.